The summed E-state index contributed by atoms with van der Waals surface area (Å²) in [6.07, 6.45) is 0. The molecule has 0 radical (unpaired) electrons. The predicted molar refractivity (Wildman–Crippen MR) is 54.7 cm³/mol. The Bertz CT molecular complexity index is 275. The molecule has 0 aliphatic rings. The minimum Gasteiger partial charge on any atom is -0.326 e. The second-order valence-corrected chi connectivity index (χ2v) is 4.18. The van der Waals surface area contributed by atoms with Gasteiger partial charge in [-0.1, -0.05) is 11.6 Å². The van der Waals surface area contributed by atoms with E-state index in [1.165, 1.54) is 0 Å². The normalized spacial score (nSPS) is 10.2. The van der Waals surface area contributed by atoms with Gasteiger partial charge in [-0.25, -0.2) is 0 Å². The third-order valence-corrected chi connectivity index (χ3v) is 3.51. The smallest absolute Gasteiger partial charge is 0.0462 e. The molecule has 1 aromatic carbocycles. The molecule has 2 N–H and O–H groups in total. The van der Waals surface area contributed by atoms with Crippen LogP contribution in [0.15, 0.2) is 21.1 Å². The number of hydrogen-bond donors (Lipinski definition) is 1. The predicted octanol–water partition coefficient (Wildman–Crippen LogP) is 3.32. The van der Waals surface area contributed by atoms with Gasteiger partial charge in [0.15, 0.2) is 0 Å². The molecule has 0 aliphatic heterocycles. The molecule has 0 aromatic heterocycles. The molecular formula is C7H6Br2ClN. The van der Waals surface area contributed by atoms with Gasteiger partial charge in [-0.05, 0) is 49.6 Å². The second-order valence-electron chi connectivity index (χ2n) is 2.06. The average molecular weight is 299 g/mol. The van der Waals surface area contributed by atoms with Crippen molar-refractivity contribution in [1.29, 1.82) is 0 Å². The van der Waals surface area contributed by atoms with Crippen molar-refractivity contribution in [3.05, 3.63) is 31.7 Å². The van der Waals surface area contributed by atoms with E-state index in [2.05, 4.69) is 31.9 Å². The van der Waals surface area contributed by atoms with E-state index in [1.807, 2.05) is 12.1 Å². The summed E-state index contributed by atoms with van der Waals surface area (Å²) in [5, 5.41) is 0.697. The molecule has 11 heavy (non-hydrogen) atoms. The van der Waals surface area contributed by atoms with Gasteiger partial charge in [0.2, 0.25) is 0 Å². The van der Waals surface area contributed by atoms with Crippen LogP contribution in [0.4, 0.5) is 0 Å². The second kappa shape index (κ2) is 3.90. The fourth-order valence-electron chi connectivity index (χ4n) is 0.720. The highest BCUT2D eigenvalue weighted by molar-refractivity contribution is 9.13. The van der Waals surface area contributed by atoms with Gasteiger partial charge in [0.25, 0.3) is 0 Å². The van der Waals surface area contributed by atoms with E-state index in [4.69, 9.17) is 17.3 Å². The SMILES string of the molecule is NCc1cc(Br)c(Br)cc1Cl. The van der Waals surface area contributed by atoms with Crippen molar-refractivity contribution in [2.75, 3.05) is 0 Å². The Morgan fingerprint density at radius 1 is 1.27 bits per heavy atom. The van der Waals surface area contributed by atoms with Crippen LogP contribution in [0, 0.1) is 0 Å². The maximum atomic E-state index is 5.87. The van der Waals surface area contributed by atoms with Crippen LogP contribution < -0.4 is 5.73 Å². The molecular weight excluding hydrogens is 293 g/mol. The first-order valence-corrected chi connectivity index (χ1v) is 4.95. The summed E-state index contributed by atoms with van der Waals surface area (Å²) < 4.78 is 1.92. The molecule has 0 amide bonds. The van der Waals surface area contributed by atoms with Crippen LogP contribution in [0.5, 0.6) is 0 Å². The zero-order valence-corrected chi connectivity index (χ0v) is 9.50. The fourth-order valence-corrected chi connectivity index (χ4v) is 1.83. The van der Waals surface area contributed by atoms with Crippen molar-refractivity contribution >= 4 is 43.5 Å². The zero-order chi connectivity index (χ0) is 8.43. The Morgan fingerprint density at radius 3 is 2.36 bits per heavy atom. The maximum Gasteiger partial charge on any atom is 0.0462 e. The quantitative estimate of drug-likeness (QED) is 0.791. The Morgan fingerprint density at radius 2 is 1.82 bits per heavy atom. The first-order chi connectivity index (χ1) is 5.15. The summed E-state index contributed by atoms with van der Waals surface area (Å²) in [5.74, 6) is 0. The van der Waals surface area contributed by atoms with Crippen LogP contribution >= 0.6 is 43.5 Å². The molecule has 4 heteroatoms. The molecule has 0 aliphatic carbocycles. The molecule has 60 valence electrons. The molecule has 0 fully saturated rings. The average Bonchev–Trinajstić information content (AvgIpc) is 1.97. The first-order valence-electron chi connectivity index (χ1n) is 2.98. The van der Waals surface area contributed by atoms with E-state index in [1.54, 1.807) is 0 Å². The summed E-state index contributed by atoms with van der Waals surface area (Å²) in [7, 11) is 0. The third kappa shape index (κ3) is 2.18. The summed E-state index contributed by atoms with van der Waals surface area (Å²) in [4.78, 5) is 0. The highest BCUT2D eigenvalue weighted by Crippen LogP contribution is 2.29. The standard InChI is InChI=1S/C7H6Br2ClN/c8-5-1-4(3-11)7(10)2-6(5)9/h1-2H,3,11H2. The van der Waals surface area contributed by atoms with Crippen LogP contribution in [-0.2, 0) is 6.54 Å². The van der Waals surface area contributed by atoms with Crippen molar-refractivity contribution < 1.29 is 0 Å². The minimum atomic E-state index is 0.463. The lowest BCUT2D eigenvalue weighted by Gasteiger charge is -2.02. The largest absolute Gasteiger partial charge is 0.326 e. The van der Waals surface area contributed by atoms with Crippen molar-refractivity contribution in [1.82, 2.24) is 0 Å². The molecule has 0 heterocycles. The molecule has 0 saturated heterocycles. The number of halogens is 3. The van der Waals surface area contributed by atoms with Crippen molar-refractivity contribution in [2.45, 2.75) is 6.54 Å². The highest BCUT2D eigenvalue weighted by atomic mass is 79.9. The van der Waals surface area contributed by atoms with Gasteiger partial charge in [-0.2, -0.15) is 0 Å². The van der Waals surface area contributed by atoms with Crippen LogP contribution in [0.3, 0.4) is 0 Å². The third-order valence-electron chi connectivity index (χ3n) is 1.31. The van der Waals surface area contributed by atoms with Crippen LogP contribution in [0.2, 0.25) is 5.02 Å². The van der Waals surface area contributed by atoms with Gasteiger partial charge in [-0.3, -0.25) is 0 Å². The fraction of sp³-hybridized carbons (Fsp3) is 0.143. The molecule has 1 aromatic rings. The Labute approximate surface area is 87.2 Å². The summed E-state index contributed by atoms with van der Waals surface area (Å²) >= 11 is 12.6. The Hall–Kier alpha value is 0.430. The van der Waals surface area contributed by atoms with Gasteiger partial charge in [0.1, 0.15) is 0 Å². The van der Waals surface area contributed by atoms with E-state index >= 15 is 0 Å². The van der Waals surface area contributed by atoms with Crippen LogP contribution in [0.1, 0.15) is 5.56 Å². The molecule has 1 nitrogen and oxygen atoms in total. The van der Waals surface area contributed by atoms with E-state index in [9.17, 15) is 0 Å². The topological polar surface area (TPSA) is 26.0 Å². The summed E-state index contributed by atoms with van der Waals surface area (Å²) in [6.45, 7) is 0.463. The lowest BCUT2D eigenvalue weighted by Crippen LogP contribution is -1.96. The number of hydrogen-bond acceptors (Lipinski definition) is 1. The van der Waals surface area contributed by atoms with Gasteiger partial charge in [0.05, 0.1) is 0 Å². The molecule has 0 bridgehead atoms. The van der Waals surface area contributed by atoms with Gasteiger partial charge in [0, 0.05) is 20.5 Å². The Kier molecular flexibility index (Phi) is 3.37. The molecule has 0 unspecified atom stereocenters. The van der Waals surface area contributed by atoms with Gasteiger partial charge in [-0.15, -0.1) is 0 Å². The monoisotopic (exact) mass is 297 g/mol. The highest BCUT2D eigenvalue weighted by Gasteiger charge is 2.02. The minimum absolute atomic E-state index is 0.463. The van der Waals surface area contributed by atoms with Crippen LogP contribution in [-0.4, -0.2) is 0 Å². The zero-order valence-electron chi connectivity index (χ0n) is 5.57. The number of nitrogens with two attached hydrogens (primary N) is 1. The molecule has 0 atom stereocenters. The van der Waals surface area contributed by atoms with Gasteiger partial charge < -0.3 is 5.73 Å². The van der Waals surface area contributed by atoms with Gasteiger partial charge >= 0.3 is 0 Å². The summed E-state index contributed by atoms with van der Waals surface area (Å²) in [5.41, 5.74) is 6.40. The summed E-state index contributed by atoms with van der Waals surface area (Å²) in [6, 6.07) is 3.74. The van der Waals surface area contributed by atoms with E-state index < -0.39 is 0 Å². The maximum absolute atomic E-state index is 5.87. The van der Waals surface area contributed by atoms with Crippen molar-refractivity contribution in [3.8, 4) is 0 Å². The number of rotatable bonds is 1. The van der Waals surface area contributed by atoms with Crippen LogP contribution in [0.25, 0.3) is 0 Å². The lowest BCUT2D eigenvalue weighted by molar-refractivity contribution is 1.07. The number of benzene rings is 1. The van der Waals surface area contributed by atoms with E-state index in [0.29, 0.717) is 11.6 Å². The van der Waals surface area contributed by atoms with Crippen molar-refractivity contribution in [2.24, 2.45) is 5.73 Å². The molecule has 0 spiro atoms. The van der Waals surface area contributed by atoms with E-state index in [0.717, 1.165) is 14.5 Å². The van der Waals surface area contributed by atoms with Crippen molar-refractivity contribution in [3.63, 3.8) is 0 Å². The Balaban J connectivity index is 3.21. The molecule has 1 rings (SSSR count). The first kappa shape index (κ1) is 9.52. The molecule has 0 saturated carbocycles. The lowest BCUT2D eigenvalue weighted by atomic mass is 10.2. The van der Waals surface area contributed by atoms with E-state index in [-0.39, 0.29) is 0 Å².